The minimum atomic E-state index is -1.13. The van der Waals surface area contributed by atoms with Crippen LogP contribution >= 0.6 is 23.2 Å². The molecule has 1 aromatic rings. The highest BCUT2D eigenvalue weighted by Crippen LogP contribution is 2.45. The molecule has 0 spiro atoms. The van der Waals surface area contributed by atoms with Gasteiger partial charge in [-0.15, -0.1) is 0 Å². The summed E-state index contributed by atoms with van der Waals surface area (Å²) in [6.45, 7) is 6.18. The molecule has 0 heterocycles. The summed E-state index contributed by atoms with van der Waals surface area (Å²) in [6, 6.07) is 2.64. The Morgan fingerprint density at radius 2 is 1.80 bits per heavy atom. The monoisotopic (exact) mass is 318 g/mol. The number of rotatable bonds is 2. The number of halogens is 3. The number of aliphatic hydroxyl groups is 1. The van der Waals surface area contributed by atoms with Crippen LogP contribution in [0.1, 0.15) is 45.6 Å². The predicted molar refractivity (Wildman–Crippen MR) is 81.7 cm³/mol. The lowest BCUT2D eigenvalue weighted by Crippen LogP contribution is -2.37. The Labute approximate surface area is 130 Å². The van der Waals surface area contributed by atoms with Gasteiger partial charge in [-0.25, -0.2) is 4.39 Å². The van der Waals surface area contributed by atoms with Gasteiger partial charge in [0.1, 0.15) is 5.82 Å². The highest BCUT2D eigenvalue weighted by atomic mass is 35.5. The van der Waals surface area contributed by atoms with Gasteiger partial charge in [-0.05, 0) is 49.7 Å². The molecular weight excluding hydrogens is 298 g/mol. The first kappa shape index (κ1) is 16.1. The van der Waals surface area contributed by atoms with Crippen LogP contribution in [0.2, 0.25) is 10.0 Å². The molecule has 2 rings (SSSR count). The maximum atomic E-state index is 13.7. The first-order chi connectivity index (χ1) is 9.23. The molecule has 1 aliphatic rings. The number of hydrogen-bond acceptors (Lipinski definition) is 1. The SMILES string of the molecule is CC1CCC(C(C)(O)c2cc(F)c(Cl)cc2Cl)CC1C. The molecule has 0 radical (unpaired) electrons. The molecule has 1 saturated carbocycles. The predicted octanol–water partition coefficient (Wildman–Crippen LogP) is 5.41. The molecule has 1 fully saturated rings. The maximum Gasteiger partial charge on any atom is 0.142 e. The van der Waals surface area contributed by atoms with Crippen LogP contribution in [0.25, 0.3) is 0 Å². The second kappa shape index (κ2) is 5.82. The molecule has 0 aromatic heterocycles. The standard InChI is InChI=1S/C16H21Cl2FO/c1-9-4-5-11(6-10(9)2)16(3,20)12-7-15(19)14(18)8-13(12)17/h7-11,20H,4-6H2,1-3H3. The number of benzene rings is 1. The van der Waals surface area contributed by atoms with Gasteiger partial charge in [-0.2, -0.15) is 0 Å². The van der Waals surface area contributed by atoms with Crippen molar-refractivity contribution in [3.63, 3.8) is 0 Å². The van der Waals surface area contributed by atoms with Gasteiger partial charge in [-0.3, -0.25) is 0 Å². The second-order valence-corrected chi connectivity index (χ2v) is 7.17. The highest BCUT2D eigenvalue weighted by Gasteiger charge is 2.39. The fourth-order valence-corrected chi connectivity index (χ4v) is 3.76. The third-order valence-electron chi connectivity index (χ3n) is 4.95. The van der Waals surface area contributed by atoms with Crippen molar-refractivity contribution in [1.82, 2.24) is 0 Å². The quantitative estimate of drug-likeness (QED) is 0.722. The molecule has 0 amide bonds. The van der Waals surface area contributed by atoms with Crippen molar-refractivity contribution < 1.29 is 9.50 Å². The van der Waals surface area contributed by atoms with E-state index in [-0.39, 0.29) is 10.9 Å². The molecule has 1 nitrogen and oxygen atoms in total. The third-order valence-corrected chi connectivity index (χ3v) is 5.55. The summed E-state index contributed by atoms with van der Waals surface area (Å²) in [4.78, 5) is 0. The van der Waals surface area contributed by atoms with E-state index in [2.05, 4.69) is 13.8 Å². The molecule has 1 aromatic carbocycles. The largest absolute Gasteiger partial charge is 0.385 e. The molecule has 4 unspecified atom stereocenters. The zero-order valence-electron chi connectivity index (χ0n) is 12.1. The Bertz CT molecular complexity index is 501. The van der Waals surface area contributed by atoms with E-state index in [9.17, 15) is 9.50 Å². The van der Waals surface area contributed by atoms with Crippen LogP contribution in [-0.4, -0.2) is 5.11 Å². The summed E-state index contributed by atoms with van der Waals surface area (Å²) in [6.07, 6.45) is 2.93. The van der Waals surface area contributed by atoms with Crippen molar-refractivity contribution in [1.29, 1.82) is 0 Å². The number of hydrogen-bond donors (Lipinski definition) is 1. The Kier molecular flexibility index (Phi) is 4.68. The van der Waals surface area contributed by atoms with Crippen LogP contribution in [0.4, 0.5) is 4.39 Å². The first-order valence-corrected chi connectivity index (χ1v) is 7.86. The van der Waals surface area contributed by atoms with Gasteiger partial charge >= 0.3 is 0 Å². The third kappa shape index (κ3) is 2.98. The summed E-state index contributed by atoms with van der Waals surface area (Å²) in [5.74, 6) is 0.769. The van der Waals surface area contributed by atoms with E-state index in [1.165, 1.54) is 12.1 Å². The lowest BCUT2D eigenvalue weighted by molar-refractivity contribution is -0.0372. The van der Waals surface area contributed by atoms with Crippen LogP contribution in [0.3, 0.4) is 0 Å². The fraction of sp³-hybridized carbons (Fsp3) is 0.625. The van der Waals surface area contributed by atoms with E-state index in [1.54, 1.807) is 6.92 Å². The van der Waals surface area contributed by atoms with Gasteiger partial charge in [0.2, 0.25) is 0 Å². The van der Waals surface area contributed by atoms with Crippen LogP contribution in [0.15, 0.2) is 12.1 Å². The molecule has 1 N–H and O–H groups in total. The minimum absolute atomic E-state index is 0.0137. The van der Waals surface area contributed by atoms with Crippen molar-refractivity contribution in [3.8, 4) is 0 Å². The van der Waals surface area contributed by atoms with E-state index < -0.39 is 11.4 Å². The van der Waals surface area contributed by atoms with Crippen LogP contribution in [0, 0.1) is 23.6 Å². The minimum Gasteiger partial charge on any atom is -0.385 e. The van der Waals surface area contributed by atoms with E-state index in [1.807, 2.05) is 0 Å². The molecule has 112 valence electrons. The zero-order valence-corrected chi connectivity index (χ0v) is 13.6. The summed E-state index contributed by atoms with van der Waals surface area (Å²) >= 11 is 11.9. The Morgan fingerprint density at radius 3 is 2.40 bits per heavy atom. The highest BCUT2D eigenvalue weighted by molar-refractivity contribution is 6.35. The molecule has 0 saturated heterocycles. The lowest BCUT2D eigenvalue weighted by atomic mass is 9.68. The van der Waals surface area contributed by atoms with Gasteiger partial charge in [0, 0.05) is 10.6 Å². The molecule has 0 aliphatic heterocycles. The van der Waals surface area contributed by atoms with Gasteiger partial charge in [0.15, 0.2) is 0 Å². The molecule has 4 heteroatoms. The smallest absolute Gasteiger partial charge is 0.142 e. The van der Waals surface area contributed by atoms with E-state index >= 15 is 0 Å². The molecular formula is C16H21Cl2FO. The van der Waals surface area contributed by atoms with Gasteiger partial charge < -0.3 is 5.11 Å². The summed E-state index contributed by atoms with van der Waals surface area (Å²) < 4.78 is 13.7. The summed E-state index contributed by atoms with van der Waals surface area (Å²) in [5, 5.41) is 11.2. The first-order valence-electron chi connectivity index (χ1n) is 7.10. The maximum absolute atomic E-state index is 13.7. The molecule has 0 bridgehead atoms. The molecule has 20 heavy (non-hydrogen) atoms. The average molecular weight is 319 g/mol. The van der Waals surface area contributed by atoms with Crippen molar-refractivity contribution in [2.24, 2.45) is 17.8 Å². The van der Waals surface area contributed by atoms with E-state index in [4.69, 9.17) is 23.2 Å². The fourth-order valence-electron chi connectivity index (χ4n) is 3.19. The Morgan fingerprint density at radius 1 is 1.15 bits per heavy atom. The van der Waals surface area contributed by atoms with Crippen molar-refractivity contribution in [2.75, 3.05) is 0 Å². The van der Waals surface area contributed by atoms with Gasteiger partial charge in [0.05, 0.1) is 10.6 Å². The summed E-state index contributed by atoms with van der Waals surface area (Å²) in [7, 11) is 0. The lowest BCUT2D eigenvalue weighted by Gasteiger charge is -2.41. The normalized spacial score (nSPS) is 30.1. The molecule has 4 atom stereocenters. The van der Waals surface area contributed by atoms with Crippen molar-refractivity contribution in [3.05, 3.63) is 33.6 Å². The van der Waals surface area contributed by atoms with Crippen molar-refractivity contribution in [2.45, 2.75) is 45.6 Å². The summed E-state index contributed by atoms with van der Waals surface area (Å²) in [5.41, 5.74) is -0.690. The van der Waals surface area contributed by atoms with E-state index in [0.717, 1.165) is 19.3 Å². The van der Waals surface area contributed by atoms with Crippen LogP contribution < -0.4 is 0 Å². The van der Waals surface area contributed by atoms with E-state index in [0.29, 0.717) is 22.4 Å². The topological polar surface area (TPSA) is 20.2 Å². The van der Waals surface area contributed by atoms with Gasteiger partial charge in [0.25, 0.3) is 0 Å². The second-order valence-electron chi connectivity index (χ2n) is 6.36. The molecule has 1 aliphatic carbocycles. The van der Waals surface area contributed by atoms with Gasteiger partial charge in [-0.1, -0.05) is 43.5 Å². The van der Waals surface area contributed by atoms with Crippen molar-refractivity contribution >= 4 is 23.2 Å². The van der Waals surface area contributed by atoms with Crippen LogP contribution in [-0.2, 0) is 5.60 Å². The Hall–Kier alpha value is -0.310. The van der Waals surface area contributed by atoms with Crippen LogP contribution in [0.5, 0.6) is 0 Å². The zero-order chi connectivity index (χ0) is 15.1. The average Bonchev–Trinajstić information content (AvgIpc) is 2.36. The Balaban J connectivity index is 2.33.